The highest BCUT2D eigenvalue weighted by atomic mass is 32.2. The number of nitrogens with zero attached hydrogens (tertiary/aromatic N) is 3. The third-order valence-electron chi connectivity index (χ3n) is 5.01. The molecule has 1 aromatic heterocycles. The molecule has 1 aromatic carbocycles. The maximum absolute atomic E-state index is 11.6. The van der Waals surface area contributed by atoms with E-state index >= 15 is 0 Å². The van der Waals surface area contributed by atoms with Gasteiger partial charge in [0.05, 0.1) is 16.8 Å². The molecule has 3 rings (SSSR count). The molecule has 0 bridgehead atoms. The summed E-state index contributed by atoms with van der Waals surface area (Å²) in [6, 6.07) is 6.71. The summed E-state index contributed by atoms with van der Waals surface area (Å²) >= 11 is 0. The van der Waals surface area contributed by atoms with Crippen molar-refractivity contribution in [3.05, 3.63) is 36.2 Å². The van der Waals surface area contributed by atoms with Crippen LogP contribution < -0.4 is 0 Å². The summed E-state index contributed by atoms with van der Waals surface area (Å²) in [6.07, 6.45) is 5.57. The highest BCUT2D eigenvalue weighted by Gasteiger charge is 2.27. The second-order valence-corrected chi connectivity index (χ2v) is 11.2. The Morgan fingerprint density at radius 2 is 1.71 bits per heavy atom. The van der Waals surface area contributed by atoms with Crippen molar-refractivity contribution in [3.8, 4) is 11.5 Å². The lowest BCUT2D eigenvalue weighted by Crippen LogP contribution is -2.44. The predicted molar refractivity (Wildman–Crippen MR) is 106 cm³/mol. The van der Waals surface area contributed by atoms with Crippen LogP contribution in [0.3, 0.4) is 0 Å². The predicted octanol–water partition coefficient (Wildman–Crippen LogP) is 1.60. The topological polar surface area (TPSA) is 101 Å². The molecular weight excluding hydrogens is 402 g/mol. The van der Waals surface area contributed by atoms with Gasteiger partial charge in [0.1, 0.15) is 6.26 Å². The summed E-state index contributed by atoms with van der Waals surface area (Å²) < 4.78 is 53.4. The van der Waals surface area contributed by atoms with Crippen LogP contribution in [0.15, 0.2) is 39.8 Å². The number of hydrogen-bond donors (Lipinski definition) is 0. The second kappa shape index (κ2) is 7.94. The van der Waals surface area contributed by atoms with Gasteiger partial charge in [0, 0.05) is 37.5 Å². The van der Waals surface area contributed by atoms with Gasteiger partial charge in [-0.15, -0.1) is 0 Å². The van der Waals surface area contributed by atoms with Gasteiger partial charge in [-0.1, -0.05) is 0 Å². The summed E-state index contributed by atoms with van der Waals surface area (Å²) in [5.74, 6) is 0.440. The van der Waals surface area contributed by atoms with Gasteiger partial charge in [0.25, 0.3) is 0 Å². The first kappa shape index (κ1) is 21.0. The SMILES string of the molecule is CN(Cc1coc(-c2ccc(S(C)(=O)=O)cc2)n1)C1CCN(S(C)(=O)=O)CC1. The minimum absolute atomic E-state index is 0.253. The fourth-order valence-electron chi connectivity index (χ4n) is 3.36. The van der Waals surface area contributed by atoms with Gasteiger partial charge < -0.3 is 4.42 Å². The van der Waals surface area contributed by atoms with Gasteiger partial charge in [-0.05, 0) is 44.2 Å². The summed E-state index contributed by atoms with van der Waals surface area (Å²) in [6.45, 7) is 1.66. The van der Waals surface area contributed by atoms with Gasteiger partial charge in [-0.2, -0.15) is 0 Å². The van der Waals surface area contributed by atoms with E-state index in [4.69, 9.17) is 4.42 Å². The van der Waals surface area contributed by atoms with Crippen molar-refractivity contribution in [1.29, 1.82) is 0 Å². The molecule has 1 fully saturated rings. The highest BCUT2D eigenvalue weighted by Crippen LogP contribution is 2.23. The van der Waals surface area contributed by atoms with Crippen molar-refractivity contribution in [2.24, 2.45) is 0 Å². The van der Waals surface area contributed by atoms with E-state index in [1.807, 2.05) is 7.05 Å². The number of piperidine rings is 1. The van der Waals surface area contributed by atoms with Crippen LogP contribution in [0.2, 0.25) is 0 Å². The monoisotopic (exact) mass is 427 g/mol. The van der Waals surface area contributed by atoms with Crippen LogP contribution in [0, 0.1) is 0 Å². The number of benzene rings is 1. The molecule has 1 saturated heterocycles. The van der Waals surface area contributed by atoms with Crippen molar-refractivity contribution >= 4 is 19.9 Å². The minimum Gasteiger partial charge on any atom is -0.444 e. The molecule has 0 amide bonds. The highest BCUT2D eigenvalue weighted by molar-refractivity contribution is 7.90. The number of oxazole rings is 1. The third-order valence-corrected chi connectivity index (χ3v) is 7.44. The zero-order valence-electron chi connectivity index (χ0n) is 16.2. The molecule has 0 saturated carbocycles. The van der Waals surface area contributed by atoms with E-state index in [2.05, 4.69) is 9.88 Å². The number of hydrogen-bond acceptors (Lipinski definition) is 7. The molecule has 0 unspecified atom stereocenters. The third kappa shape index (κ3) is 4.99. The molecule has 10 heteroatoms. The Morgan fingerprint density at radius 3 is 2.25 bits per heavy atom. The van der Waals surface area contributed by atoms with E-state index in [-0.39, 0.29) is 10.9 Å². The quantitative estimate of drug-likeness (QED) is 0.690. The molecule has 154 valence electrons. The number of rotatable bonds is 6. The Kier molecular flexibility index (Phi) is 5.95. The molecule has 0 spiro atoms. The molecule has 0 atom stereocenters. The minimum atomic E-state index is -3.24. The zero-order valence-corrected chi connectivity index (χ0v) is 17.8. The van der Waals surface area contributed by atoms with Gasteiger partial charge in [-0.25, -0.2) is 26.1 Å². The Morgan fingerprint density at radius 1 is 1.11 bits per heavy atom. The summed E-state index contributed by atoms with van der Waals surface area (Å²) in [5, 5.41) is 0. The van der Waals surface area contributed by atoms with Crippen LogP contribution in [-0.4, -0.2) is 69.7 Å². The number of sulfonamides is 1. The Hall–Kier alpha value is -1.75. The zero-order chi connectivity index (χ0) is 20.5. The number of sulfone groups is 1. The normalized spacial score (nSPS) is 17.3. The van der Waals surface area contributed by atoms with Gasteiger partial charge >= 0.3 is 0 Å². The smallest absolute Gasteiger partial charge is 0.226 e. The van der Waals surface area contributed by atoms with E-state index in [0.29, 0.717) is 31.1 Å². The van der Waals surface area contributed by atoms with Crippen LogP contribution in [0.1, 0.15) is 18.5 Å². The fraction of sp³-hybridized carbons (Fsp3) is 0.500. The molecule has 0 radical (unpaired) electrons. The summed E-state index contributed by atoms with van der Waals surface area (Å²) in [7, 11) is -4.36. The van der Waals surface area contributed by atoms with Crippen molar-refractivity contribution in [3.63, 3.8) is 0 Å². The Balaban J connectivity index is 1.62. The second-order valence-electron chi connectivity index (χ2n) is 7.25. The van der Waals surface area contributed by atoms with Crippen molar-refractivity contribution in [1.82, 2.24) is 14.2 Å². The van der Waals surface area contributed by atoms with Crippen LogP contribution in [0.4, 0.5) is 0 Å². The van der Waals surface area contributed by atoms with Crippen LogP contribution in [-0.2, 0) is 26.4 Å². The first-order valence-electron chi connectivity index (χ1n) is 8.94. The molecule has 1 aliphatic heterocycles. The largest absolute Gasteiger partial charge is 0.444 e. The lowest BCUT2D eigenvalue weighted by molar-refractivity contribution is 0.161. The molecule has 0 aliphatic carbocycles. The van der Waals surface area contributed by atoms with Gasteiger partial charge in [0.2, 0.25) is 15.9 Å². The van der Waals surface area contributed by atoms with Gasteiger partial charge in [0.15, 0.2) is 9.84 Å². The van der Waals surface area contributed by atoms with Gasteiger partial charge in [-0.3, -0.25) is 4.90 Å². The lowest BCUT2D eigenvalue weighted by atomic mass is 10.1. The van der Waals surface area contributed by atoms with E-state index in [9.17, 15) is 16.8 Å². The average molecular weight is 428 g/mol. The standard InChI is InChI=1S/C18H25N3O5S2/c1-20(16-8-10-21(11-9-16)28(3,24)25)12-15-13-26-18(19-15)14-4-6-17(7-5-14)27(2,22)23/h4-7,13,16H,8-12H2,1-3H3. The van der Waals surface area contributed by atoms with Crippen molar-refractivity contribution < 1.29 is 21.3 Å². The van der Waals surface area contributed by atoms with E-state index in [1.165, 1.54) is 28.9 Å². The first-order valence-corrected chi connectivity index (χ1v) is 12.7. The van der Waals surface area contributed by atoms with E-state index in [0.717, 1.165) is 18.5 Å². The average Bonchev–Trinajstić information content (AvgIpc) is 3.09. The maximum atomic E-state index is 11.6. The molecule has 28 heavy (non-hydrogen) atoms. The maximum Gasteiger partial charge on any atom is 0.226 e. The van der Waals surface area contributed by atoms with Crippen molar-refractivity contribution in [2.75, 3.05) is 32.6 Å². The lowest BCUT2D eigenvalue weighted by Gasteiger charge is -2.35. The Bertz CT molecular complexity index is 1020. The van der Waals surface area contributed by atoms with Crippen LogP contribution in [0.5, 0.6) is 0 Å². The summed E-state index contributed by atoms with van der Waals surface area (Å²) in [5.41, 5.74) is 1.48. The molecule has 1 aliphatic rings. The first-order chi connectivity index (χ1) is 13.0. The van der Waals surface area contributed by atoms with Crippen molar-refractivity contribution in [2.45, 2.75) is 30.3 Å². The van der Waals surface area contributed by atoms with Crippen LogP contribution >= 0.6 is 0 Å². The van der Waals surface area contributed by atoms with E-state index in [1.54, 1.807) is 18.4 Å². The molecular formula is C18H25N3O5S2. The summed E-state index contributed by atoms with van der Waals surface area (Å²) in [4.78, 5) is 6.91. The molecule has 2 heterocycles. The molecule has 0 N–H and O–H groups in total. The Labute approximate surface area is 166 Å². The fourth-order valence-corrected chi connectivity index (χ4v) is 4.86. The molecule has 8 nitrogen and oxygen atoms in total. The number of aromatic nitrogens is 1. The van der Waals surface area contributed by atoms with Crippen LogP contribution in [0.25, 0.3) is 11.5 Å². The molecule has 2 aromatic rings. The van der Waals surface area contributed by atoms with E-state index < -0.39 is 19.9 Å².